The first-order chi connectivity index (χ1) is 13.6. The Morgan fingerprint density at radius 2 is 1.52 bits per heavy atom. The molecule has 0 atom stereocenters. The molecule has 2 heterocycles. The minimum Gasteiger partial charge on any atom is -0.444 e. The summed E-state index contributed by atoms with van der Waals surface area (Å²) in [5.74, 6) is -0.625. The van der Waals surface area contributed by atoms with Gasteiger partial charge in [-0.3, -0.25) is 0 Å². The molecule has 1 aliphatic heterocycles. The van der Waals surface area contributed by atoms with E-state index in [2.05, 4.69) is 4.98 Å². The average molecular weight is 404 g/mol. The van der Waals surface area contributed by atoms with Crippen molar-refractivity contribution in [1.29, 1.82) is 0 Å². The highest BCUT2D eigenvalue weighted by atomic mass is 19.1. The SMILES string of the molecule is CC(C)(C)OC(=O)N1CCC(O)CC1.Fc1ccc2[nH]c3ccc(F)cc3c2c1. The van der Waals surface area contributed by atoms with Gasteiger partial charge < -0.3 is 19.7 Å². The third-order valence-electron chi connectivity index (χ3n) is 4.64. The van der Waals surface area contributed by atoms with Crippen molar-refractivity contribution < 1.29 is 23.4 Å². The van der Waals surface area contributed by atoms with Crippen LogP contribution in [0.15, 0.2) is 36.4 Å². The molecule has 1 fully saturated rings. The van der Waals surface area contributed by atoms with Crippen LogP contribution in [-0.4, -0.2) is 45.9 Å². The molecule has 156 valence electrons. The van der Waals surface area contributed by atoms with Crippen LogP contribution >= 0.6 is 0 Å². The number of hydrogen-bond donors (Lipinski definition) is 2. The van der Waals surface area contributed by atoms with Crippen LogP contribution in [0.5, 0.6) is 0 Å². The number of H-pyrrole nitrogens is 1. The van der Waals surface area contributed by atoms with Crippen molar-refractivity contribution in [2.45, 2.75) is 45.3 Å². The van der Waals surface area contributed by atoms with Crippen LogP contribution in [0.25, 0.3) is 21.8 Å². The summed E-state index contributed by atoms with van der Waals surface area (Å²) in [4.78, 5) is 16.3. The molecule has 29 heavy (non-hydrogen) atoms. The number of halogens is 2. The first-order valence-corrected chi connectivity index (χ1v) is 9.65. The molecule has 0 radical (unpaired) electrons. The lowest BCUT2D eigenvalue weighted by atomic mass is 10.1. The summed E-state index contributed by atoms with van der Waals surface area (Å²) in [7, 11) is 0. The zero-order valence-electron chi connectivity index (χ0n) is 16.8. The van der Waals surface area contributed by atoms with Gasteiger partial charge in [0.2, 0.25) is 0 Å². The number of nitrogens with one attached hydrogen (secondary N) is 1. The van der Waals surface area contributed by atoms with E-state index < -0.39 is 5.60 Å². The number of piperidine rings is 1. The van der Waals surface area contributed by atoms with E-state index in [4.69, 9.17) is 4.74 Å². The third-order valence-corrected chi connectivity index (χ3v) is 4.64. The van der Waals surface area contributed by atoms with Crippen LogP contribution in [0.2, 0.25) is 0 Å². The van der Waals surface area contributed by atoms with Crippen molar-refractivity contribution in [3.8, 4) is 0 Å². The first-order valence-electron chi connectivity index (χ1n) is 9.65. The van der Waals surface area contributed by atoms with Crippen molar-refractivity contribution in [1.82, 2.24) is 9.88 Å². The molecule has 2 aromatic carbocycles. The van der Waals surface area contributed by atoms with Crippen LogP contribution in [0.3, 0.4) is 0 Å². The van der Waals surface area contributed by atoms with Gasteiger partial charge in [0, 0.05) is 34.9 Å². The Balaban J connectivity index is 0.000000166. The average Bonchev–Trinajstić information content (AvgIpc) is 2.98. The lowest BCUT2D eigenvalue weighted by Gasteiger charge is -2.31. The van der Waals surface area contributed by atoms with E-state index in [-0.39, 0.29) is 23.8 Å². The molecule has 1 aromatic heterocycles. The second-order valence-electron chi connectivity index (χ2n) is 8.20. The zero-order valence-corrected chi connectivity index (χ0v) is 16.8. The van der Waals surface area contributed by atoms with E-state index >= 15 is 0 Å². The van der Waals surface area contributed by atoms with E-state index in [1.807, 2.05) is 20.8 Å². The Kier molecular flexibility index (Phi) is 6.07. The molecule has 0 saturated carbocycles. The molecule has 0 unspecified atom stereocenters. The molecular weight excluding hydrogens is 378 g/mol. The molecule has 3 aromatic rings. The molecular formula is C22H26F2N2O3. The van der Waals surface area contributed by atoms with Gasteiger partial charge in [0.25, 0.3) is 0 Å². The zero-order chi connectivity index (χ0) is 21.2. The van der Waals surface area contributed by atoms with E-state index in [0.717, 1.165) is 11.0 Å². The van der Waals surface area contributed by atoms with Crippen molar-refractivity contribution in [2.24, 2.45) is 0 Å². The van der Waals surface area contributed by atoms with Crippen LogP contribution in [0.1, 0.15) is 33.6 Å². The van der Waals surface area contributed by atoms with Crippen LogP contribution in [0.4, 0.5) is 13.6 Å². The van der Waals surface area contributed by atoms with Crippen molar-refractivity contribution in [2.75, 3.05) is 13.1 Å². The number of amides is 1. The van der Waals surface area contributed by atoms with Gasteiger partial charge in [0.1, 0.15) is 17.2 Å². The molecule has 7 heteroatoms. The Morgan fingerprint density at radius 1 is 1.03 bits per heavy atom. The Bertz CT molecular complexity index is 946. The molecule has 0 bridgehead atoms. The summed E-state index contributed by atoms with van der Waals surface area (Å²) in [5.41, 5.74) is 1.20. The number of fused-ring (bicyclic) bond motifs is 3. The number of benzene rings is 2. The highest BCUT2D eigenvalue weighted by Gasteiger charge is 2.25. The number of nitrogens with zero attached hydrogens (tertiary/aromatic N) is 1. The van der Waals surface area contributed by atoms with Gasteiger partial charge in [0.15, 0.2) is 0 Å². The molecule has 5 nitrogen and oxygen atoms in total. The topological polar surface area (TPSA) is 65.6 Å². The summed E-state index contributed by atoms with van der Waals surface area (Å²) in [6.45, 7) is 6.74. The van der Waals surface area contributed by atoms with Crippen LogP contribution in [-0.2, 0) is 4.74 Å². The monoisotopic (exact) mass is 404 g/mol. The fourth-order valence-corrected chi connectivity index (χ4v) is 3.22. The Morgan fingerprint density at radius 3 is 1.97 bits per heavy atom. The standard InChI is InChI=1S/C12H7F2N.C10H19NO3/c13-7-1-3-11-9(5-7)10-6-8(14)2-4-12(10)15-11;1-10(2,3)14-9(13)11-6-4-8(12)5-7-11/h1-6,15H;8,12H,4-7H2,1-3H3. The quantitative estimate of drug-likeness (QED) is 0.556. The Labute approximate surface area is 168 Å². The van der Waals surface area contributed by atoms with Gasteiger partial charge in [-0.1, -0.05) is 0 Å². The highest BCUT2D eigenvalue weighted by Crippen LogP contribution is 2.26. The normalized spacial score (nSPS) is 15.3. The number of aromatic nitrogens is 1. The highest BCUT2D eigenvalue weighted by molar-refractivity contribution is 6.07. The molecule has 1 amide bonds. The number of hydrogen-bond acceptors (Lipinski definition) is 3. The minimum absolute atomic E-state index is 0.256. The molecule has 0 spiro atoms. The predicted octanol–water partition coefficient (Wildman–Crippen LogP) is 4.98. The maximum atomic E-state index is 13.0. The molecule has 2 N–H and O–H groups in total. The van der Waals surface area contributed by atoms with E-state index in [9.17, 15) is 18.7 Å². The third kappa shape index (κ3) is 5.44. The van der Waals surface area contributed by atoms with E-state index in [1.165, 1.54) is 24.3 Å². The van der Waals surface area contributed by atoms with Gasteiger partial charge in [0.05, 0.1) is 6.10 Å². The summed E-state index contributed by atoms with van der Waals surface area (Å²) >= 11 is 0. The summed E-state index contributed by atoms with van der Waals surface area (Å²) in [6.07, 6.45) is 0.775. The summed E-state index contributed by atoms with van der Waals surface area (Å²) < 4.78 is 31.3. The molecule has 0 aliphatic carbocycles. The lowest BCUT2D eigenvalue weighted by Crippen LogP contribution is -2.42. The number of rotatable bonds is 0. The van der Waals surface area contributed by atoms with E-state index in [0.29, 0.717) is 36.7 Å². The van der Waals surface area contributed by atoms with Gasteiger partial charge in [-0.25, -0.2) is 13.6 Å². The number of carbonyl (C=O) groups is 1. The second-order valence-corrected chi connectivity index (χ2v) is 8.20. The van der Waals surface area contributed by atoms with Gasteiger partial charge >= 0.3 is 6.09 Å². The number of ether oxygens (including phenoxy) is 1. The molecule has 1 saturated heterocycles. The number of carbonyl (C=O) groups excluding carboxylic acids is 1. The summed E-state index contributed by atoms with van der Waals surface area (Å²) in [6, 6.07) is 8.90. The lowest BCUT2D eigenvalue weighted by molar-refractivity contribution is 0.0101. The number of likely N-dealkylation sites (tertiary alicyclic amines) is 1. The largest absolute Gasteiger partial charge is 0.444 e. The molecule has 4 rings (SSSR count). The molecule has 1 aliphatic rings. The fraction of sp³-hybridized carbons (Fsp3) is 0.409. The second kappa shape index (κ2) is 8.37. The number of aliphatic hydroxyl groups excluding tert-OH is 1. The number of aliphatic hydroxyl groups is 1. The number of aromatic amines is 1. The maximum absolute atomic E-state index is 13.0. The minimum atomic E-state index is -0.437. The Hall–Kier alpha value is -2.67. The van der Waals surface area contributed by atoms with E-state index in [1.54, 1.807) is 17.0 Å². The smallest absolute Gasteiger partial charge is 0.410 e. The van der Waals surface area contributed by atoms with Crippen molar-refractivity contribution >= 4 is 27.9 Å². The van der Waals surface area contributed by atoms with Crippen LogP contribution in [0, 0.1) is 11.6 Å². The summed E-state index contributed by atoms with van der Waals surface area (Å²) in [5, 5.41) is 10.7. The van der Waals surface area contributed by atoms with Gasteiger partial charge in [-0.05, 0) is 70.0 Å². The van der Waals surface area contributed by atoms with Gasteiger partial charge in [-0.2, -0.15) is 0 Å². The van der Waals surface area contributed by atoms with Gasteiger partial charge in [-0.15, -0.1) is 0 Å². The first kappa shape index (κ1) is 21.0. The van der Waals surface area contributed by atoms with Crippen molar-refractivity contribution in [3.63, 3.8) is 0 Å². The fourth-order valence-electron chi connectivity index (χ4n) is 3.22. The van der Waals surface area contributed by atoms with Crippen LogP contribution < -0.4 is 0 Å². The predicted molar refractivity (Wildman–Crippen MR) is 109 cm³/mol. The van der Waals surface area contributed by atoms with Crippen molar-refractivity contribution in [3.05, 3.63) is 48.0 Å². The maximum Gasteiger partial charge on any atom is 0.410 e.